The molecule has 0 fully saturated rings. The molecule has 14 heavy (non-hydrogen) atoms. The van der Waals surface area contributed by atoms with E-state index in [1.807, 2.05) is 0 Å². The lowest BCUT2D eigenvalue weighted by Crippen LogP contribution is -2.00. The van der Waals surface area contributed by atoms with E-state index in [9.17, 15) is 8.78 Å². The van der Waals surface area contributed by atoms with Crippen molar-refractivity contribution in [2.75, 3.05) is 13.2 Å². The molecule has 1 rings (SSSR count). The van der Waals surface area contributed by atoms with Gasteiger partial charge >= 0.3 is 0 Å². The molecule has 0 amide bonds. The smallest absolute Gasteiger partial charge is 0.162 e. The third kappa shape index (κ3) is 2.91. The summed E-state index contributed by atoms with van der Waals surface area (Å²) in [6.45, 7) is 0.282. The SMILES string of the molecule is [N-]=[N+]=NCCOc1ccc(F)c(F)c1. The number of azide groups is 1. The van der Waals surface area contributed by atoms with Gasteiger partial charge in [-0.1, -0.05) is 5.11 Å². The molecule has 0 aliphatic heterocycles. The maximum absolute atomic E-state index is 12.6. The van der Waals surface area contributed by atoms with Crippen molar-refractivity contribution < 1.29 is 13.5 Å². The van der Waals surface area contributed by atoms with Crippen molar-refractivity contribution in [3.8, 4) is 5.75 Å². The van der Waals surface area contributed by atoms with Gasteiger partial charge in [-0.25, -0.2) is 8.78 Å². The summed E-state index contributed by atoms with van der Waals surface area (Å²) in [4.78, 5) is 2.51. The molecule has 0 radical (unpaired) electrons. The standard InChI is InChI=1S/C8H7F2N3O/c9-7-2-1-6(5-8(7)10)14-4-3-12-13-11/h1-2,5H,3-4H2. The number of nitrogens with zero attached hydrogens (tertiary/aromatic N) is 3. The molecule has 0 saturated heterocycles. The van der Waals surface area contributed by atoms with Crippen LogP contribution >= 0.6 is 0 Å². The third-order valence-corrected chi connectivity index (χ3v) is 1.41. The zero-order valence-corrected chi connectivity index (χ0v) is 7.15. The maximum Gasteiger partial charge on any atom is 0.162 e. The number of rotatable bonds is 4. The molecule has 1 aromatic rings. The normalized spacial score (nSPS) is 9.29. The van der Waals surface area contributed by atoms with Crippen LogP contribution in [-0.4, -0.2) is 13.2 Å². The first kappa shape index (κ1) is 10.3. The predicted molar refractivity (Wildman–Crippen MR) is 45.9 cm³/mol. The summed E-state index contributed by atoms with van der Waals surface area (Å²) < 4.78 is 30.0. The number of ether oxygens (including phenoxy) is 1. The molecule has 0 saturated carbocycles. The van der Waals surface area contributed by atoms with E-state index in [0.29, 0.717) is 0 Å². The Bertz CT molecular complexity index is 364. The lowest BCUT2D eigenvalue weighted by Gasteiger charge is -2.03. The summed E-state index contributed by atoms with van der Waals surface area (Å²) in [6.07, 6.45) is 0. The number of hydrogen-bond acceptors (Lipinski definition) is 2. The van der Waals surface area contributed by atoms with Gasteiger partial charge in [0.25, 0.3) is 0 Å². The second-order valence-electron chi connectivity index (χ2n) is 2.38. The minimum absolute atomic E-state index is 0.134. The van der Waals surface area contributed by atoms with Gasteiger partial charge in [-0.15, -0.1) is 0 Å². The lowest BCUT2D eigenvalue weighted by molar-refractivity contribution is 0.325. The number of benzene rings is 1. The van der Waals surface area contributed by atoms with E-state index in [0.717, 1.165) is 12.1 Å². The summed E-state index contributed by atoms with van der Waals surface area (Å²) in [5.74, 6) is -1.68. The Labute approximate surface area is 78.7 Å². The maximum atomic E-state index is 12.6. The Balaban J connectivity index is 2.51. The molecule has 0 N–H and O–H groups in total. The Hall–Kier alpha value is -1.81. The summed E-state index contributed by atoms with van der Waals surface area (Å²) in [5, 5.41) is 3.21. The van der Waals surface area contributed by atoms with Crippen molar-refractivity contribution >= 4 is 0 Å². The monoisotopic (exact) mass is 199 g/mol. The van der Waals surface area contributed by atoms with Crippen molar-refractivity contribution in [2.45, 2.75) is 0 Å². The van der Waals surface area contributed by atoms with Crippen LogP contribution in [0.4, 0.5) is 8.78 Å². The number of halogens is 2. The van der Waals surface area contributed by atoms with Crippen LogP contribution in [0.3, 0.4) is 0 Å². The molecule has 74 valence electrons. The minimum atomic E-state index is -0.966. The van der Waals surface area contributed by atoms with Crippen molar-refractivity contribution in [3.05, 3.63) is 40.3 Å². The van der Waals surface area contributed by atoms with Gasteiger partial charge in [0.1, 0.15) is 5.75 Å². The van der Waals surface area contributed by atoms with Gasteiger partial charge in [0.15, 0.2) is 11.6 Å². The van der Waals surface area contributed by atoms with Crippen LogP contribution in [0.2, 0.25) is 0 Å². The van der Waals surface area contributed by atoms with Crippen LogP contribution in [0.15, 0.2) is 23.3 Å². The minimum Gasteiger partial charge on any atom is -0.493 e. The highest BCUT2D eigenvalue weighted by molar-refractivity contribution is 5.23. The fourth-order valence-electron chi connectivity index (χ4n) is 0.816. The molecule has 4 nitrogen and oxygen atoms in total. The summed E-state index contributed by atoms with van der Waals surface area (Å²) in [5.41, 5.74) is 7.94. The molecule has 0 spiro atoms. The highest BCUT2D eigenvalue weighted by Gasteiger charge is 2.02. The molecule has 0 unspecified atom stereocenters. The average molecular weight is 199 g/mol. The number of hydrogen-bond donors (Lipinski definition) is 0. The third-order valence-electron chi connectivity index (χ3n) is 1.41. The zero-order valence-electron chi connectivity index (χ0n) is 7.15. The largest absolute Gasteiger partial charge is 0.493 e. The first-order valence-corrected chi connectivity index (χ1v) is 3.83. The molecule has 0 aliphatic carbocycles. The van der Waals surface area contributed by atoms with Gasteiger partial charge < -0.3 is 4.74 Å². The second kappa shape index (κ2) is 5.04. The van der Waals surface area contributed by atoms with Gasteiger partial charge in [-0.3, -0.25) is 0 Å². The van der Waals surface area contributed by atoms with Gasteiger partial charge in [-0.2, -0.15) is 0 Å². The quantitative estimate of drug-likeness (QED) is 0.318. The second-order valence-corrected chi connectivity index (χ2v) is 2.38. The van der Waals surface area contributed by atoms with Gasteiger partial charge in [0, 0.05) is 11.0 Å². The highest BCUT2D eigenvalue weighted by atomic mass is 19.2. The highest BCUT2D eigenvalue weighted by Crippen LogP contribution is 2.14. The zero-order chi connectivity index (χ0) is 10.4. The lowest BCUT2D eigenvalue weighted by atomic mass is 10.3. The molecule has 0 atom stereocenters. The Morgan fingerprint density at radius 2 is 2.14 bits per heavy atom. The van der Waals surface area contributed by atoms with Crippen LogP contribution in [0, 0.1) is 11.6 Å². The predicted octanol–water partition coefficient (Wildman–Crippen LogP) is 2.65. The fourth-order valence-corrected chi connectivity index (χ4v) is 0.816. The first-order chi connectivity index (χ1) is 6.74. The van der Waals surface area contributed by atoms with E-state index in [-0.39, 0.29) is 18.9 Å². The summed E-state index contributed by atoms with van der Waals surface area (Å²) >= 11 is 0. The molecular formula is C8H7F2N3O. The first-order valence-electron chi connectivity index (χ1n) is 3.83. The Morgan fingerprint density at radius 3 is 2.79 bits per heavy atom. The van der Waals surface area contributed by atoms with E-state index in [2.05, 4.69) is 10.0 Å². The average Bonchev–Trinajstić information content (AvgIpc) is 2.18. The van der Waals surface area contributed by atoms with Gasteiger partial charge in [0.05, 0.1) is 13.2 Å². The van der Waals surface area contributed by atoms with E-state index in [1.165, 1.54) is 6.07 Å². The van der Waals surface area contributed by atoms with Gasteiger partial charge in [-0.05, 0) is 17.7 Å². The van der Waals surface area contributed by atoms with Gasteiger partial charge in [0.2, 0.25) is 0 Å². The van der Waals surface area contributed by atoms with E-state index in [4.69, 9.17) is 10.3 Å². The summed E-state index contributed by atoms with van der Waals surface area (Å²) in [7, 11) is 0. The van der Waals surface area contributed by atoms with Crippen LogP contribution in [0.5, 0.6) is 5.75 Å². The molecular weight excluding hydrogens is 192 g/mol. The molecule has 0 aromatic heterocycles. The Kier molecular flexibility index (Phi) is 3.69. The van der Waals surface area contributed by atoms with Crippen LogP contribution in [-0.2, 0) is 0 Å². The van der Waals surface area contributed by atoms with Crippen LogP contribution in [0.25, 0.3) is 10.4 Å². The van der Waals surface area contributed by atoms with E-state index in [1.54, 1.807) is 0 Å². The topological polar surface area (TPSA) is 58.0 Å². The van der Waals surface area contributed by atoms with E-state index < -0.39 is 11.6 Å². The fraction of sp³-hybridized carbons (Fsp3) is 0.250. The molecule has 0 heterocycles. The van der Waals surface area contributed by atoms with Crippen molar-refractivity contribution in [2.24, 2.45) is 5.11 Å². The van der Waals surface area contributed by atoms with Crippen molar-refractivity contribution in [1.82, 2.24) is 0 Å². The molecule has 6 heteroatoms. The molecule has 0 bridgehead atoms. The van der Waals surface area contributed by atoms with Crippen LogP contribution in [0.1, 0.15) is 0 Å². The summed E-state index contributed by atoms with van der Waals surface area (Å²) in [6, 6.07) is 3.21. The Morgan fingerprint density at radius 1 is 1.36 bits per heavy atom. The molecule has 1 aromatic carbocycles. The van der Waals surface area contributed by atoms with Crippen molar-refractivity contribution in [1.29, 1.82) is 0 Å². The van der Waals surface area contributed by atoms with E-state index >= 15 is 0 Å². The van der Waals surface area contributed by atoms with Crippen molar-refractivity contribution in [3.63, 3.8) is 0 Å². The molecule has 0 aliphatic rings. The van der Waals surface area contributed by atoms with Crippen LogP contribution < -0.4 is 4.74 Å².